The molecule has 0 aliphatic heterocycles. The number of hydrogen-bond donors (Lipinski definition) is 3. The number of anilines is 2. The molecule has 26 heavy (non-hydrogen) atoms. The number of ether oxygens (including phenoxy) is 1. The first kappa shape index (κ1) is 16.9. The SMILES string of the molecule is Nc1ccccc1C(=O)NC(=O)Nc1ccc(Oc2ncccn2)cc1. The molecule has 0 radical (unpaired) electrons. The van der Waals surface area contributed by atoms with Crippen LogP contribution in [-0.2, 0) is 0 Å². The highest BCUT2D eigenvalue weighted by Crippen LogP contribution is 2.19. The quantitative estimate of drug-likeness (QED) is 0.623. The van der Waals surface area contributed by atoms with E-state index in [9.17, 15) is 9.59 Å². The van der Waals surface area contributed by atoms with Crippen molar-refractivity contribution in [1.82, 2.24) is 15.3 Å². The molecule has 3 rings (SSSR count). The molecule has 0 saturated carbocycles. The summed E-state index contributed by atoms with van der Waals surface area (Å²) in [6, 6.07) is 14.3. The Kier molecular flexibility index (Phi) is 5.04. The molecule has 0 aliphatic carbocycles. The van der Waals surface area contributed by atoms with Crippen molar-refractivity contribution < 1.29 is 14.3 Å². The monoisotopic (exact) mass is 349 g/mol. The van der Waals surface area contributed by atoms with Crippen LogP contribution < -0.4 is 21.1 Å². The molecule has 0 aliphatic rings. The normalized spacial score (nSPS) is 10.0. The number of para-hydroxylation sites is 1. The second-order valence-corrected chi connectivity index (χ2v) is 5.15. The van der Waals surface area contributed by atoms with Crippen molar-refractivity contribution in [2.45, 2.75) is 0 Å². The highest BCUT2D eigenvalue weighted by molar-refractivity contribution is 6.10. The number of imide groups is 1. The van der Waals surface area contributed by atoms with Gasteiger partial charge in [0.15, 0.2) is 0 Å². The van der Waals surface area contributed by atoms with Crippen LogP contribution in [0.2, 0.25) is 0 Å². The van der Waals surface area contributed by atoms with Gasteiger partial charge in [0.1, 0.15) is 5.75 Å². The number of amides is 3. The van der Waals surface area contributed by atoms with E-state index in [1.807, 2.05) is 0 Å². The van der Waals surface area contributed by atoms with Crippen LogP contribution in [-0.4, -0.2) is 21.9 Å². The van der Waals surface area contributed by atoms with Gasteiger partial charge in [0, 0.05) is 23.8 Å². The van der Waals surface area contributed by atoms with E-state index in [0.717, 1.165) is 0 Å². The van der Waals surface area contributed by atoms with Crippen LogP contribution in [0, 0.1) is 0 Å². The fourth-order valence-corrected chi connectivity index (χ4v) is 2.09. The molecule has 8 heteroatoms. The summed E-state index contributed by atoms with van der Waals surface area (Å²) in [6.07, 6.45) is 3.14. The molecule has 0 atom stereocenters. The molecule has 0 spiro atoms. The van der Waals surface area contributed by atoms with E-state index in [1.54, 1.807) is 60.9 Å². The zero-order chi connectivity index (χ0) is 18.4. The van der Waals surface area contributed by atoms with Gasteiger partial charge in [-0.2, -0.15) is 0 Å². The largest absolute Gasteiger partial charge is 0.424 e. The Morgan fingerprint density at radius 2 is 1.62 bits per heavy atom. The fourth-order valence-electron chi connectivity index (χ4n) is 2.09. The molecule has 0 fully saturated rings. The number of aromatic nitrogens is 2. The Morgan fingerprint density at radius 1 is 0.923 bits per heavy atom. The minimum atomic E-state index is -0.668. The summed E-state index contributed by atoms with van der Waals surface area (Å²) in [6.45, 7) is 0. The van der Waals surface area contributed by atoms with E-state index in [2.05, 4.69) is 20.6 Å². The predicted molar refractivity (Wildman–Crippen MR) is 95.9 cm³/mol. The molecule has 1 heterocycles. The Hall–Kier alpha value is -3.94. The zero-order valence-corrected chi connectivity index (χ0v) is 13.5. The number of carbonyl (C=O) groups is 2. The Bertz CT molecular complexity index is 914. The average molecular weight is 349 g/mol. The summed E-state index contributed by atoms with van der Waals surface area (Å²) in [5, 5.41) is 4.77. The van der Waals surface area contributed by atoms with Crippen LogP contribution in [0.5, 0.6) is 11.8 Å². The van der Waals surface area contributed by atoms with Gasteiger partial charge in [-0.15, -0.1) is 0 Å². The first-order chi connectivity index (χ1) is 12.6. The average Bonchev–Trinajstić information content (AvgIpc) is 2.64. The van der Waals surface area contributed by atoms with E-state index in [0.29, 0.717) is 17.1 Å². The number of rotatable bonds is 4. The highest BCUT2D eigenvalue weighted by atomic mass is 16.5. The van der Waals surface area contributed by atoms with E-state index < -0.39 is 11.9 Å². The van der Waals surface area contributed by atoms with Gasteiger partial charge in [-0.1, -0.05) is 12.1 Å². The van der Waals surface area contributed by atoms with Crippen molar-refractivity contribution >= 4 is 23.3 Å². The van der Waals surface area contributed by atoms with Gasteiger partial charge in [0.25, 0.3) is 5.91 Å². The number of nitrogens with zero attached hydrogens (tertiary/aromatic N) is 2. The first-order valence-corrected chi connectivity index (χ1v) is 7.63. The van der Waals surface area contributed by atoms with Gasteiger partial charge in [-0.05, 0) is 42.5 Å². The van der Waals surface area contributed by atoms with Crippen molar-refractivity contribution in [2.75, 3.05) is 11.1 Å². The van der Waals surface area contributed by atoms with E-state index >= 15 is 0 Å². The summed E-state index contributed by atoms with van der Waals surface area (Å²) in [5.74, 6) is -0.0722. The fraction of sp³-hybridized carbons (Fsp3) is 0. The molecule has 8 nitrogen and oxygen atoms in total. The minimum absolute atomic E-state index is 0.219. The smallest absolute Gasteiger partial charge is 0.326 e. The Labute approximate surface area is 149 Å². The maximum Gasteiger partial charge on any atom is 0.326 e. The summed E-state index contributed by atoms with van der Waals surface area (Å²) in [4.78, 5) is 31.9. The maximum atomic E-state index is 12.0. The number of nitrogens with one attached hydrogen (secondary N) is 2. The lowest BCUT2D eigenvalue weighted by Crippen LogP contribution is -2.34. The molecule has 3 aromatic rings. The molecular weight excluding hydrogens is 334 g/mol. The molecule has 130 valence electrons. The van der Waals surface area contributed by atoms with E-state index in [-0.39, 0.29) is 11.6 Å². The second-order valence-electron chi connectivity index (χ2n) is 5.15. The Morgan fingerprint density at radius 3 is 2.31 bits per heavy atom. The number of nitrogen functional groups attached to an aromatic ring is 1. The van der Waals surface area contributed by atoms with Crippen LogP contribution in [0.3, 0.4) is 0 Å². The minimum Gasteiger partial charge on any atom is -0.424 e. The molecule has 2 aromatic carbocycles. The summed E-state index contributed by atoms with van der Waals surface area (Å²) < 4.78 is 5.46. The third-order valence-electron chi connectivity index (χ3n) is 3.30. The zero-order valence-electron chi connectivity index (χ0n) is 13.5. The van der Waals surface area contributed by atoms with Gasteiger partial charge in [0.05, 0.1) is 5.56 Å². The lowest BCUT2D eigenvalue weighted by Gasteiger charge is -2.09. The van der Waals surface area contributed by atoms with Crippen molar-refractivity contribution in [3.8, 4) is 11.8 Å². The summed E-state index contributed by atoms with van der Waals surface area (Å²) in [5.41, 5.74) is 6.72. The van der Waals surface area contributed by atoms with Crippen LogP contribution in [0.15, 0.2) is 67.0 Å². The van der Waals surface area contributed by atoms with Gasteiger partial charge < -0.3 is 15.8 Å². The predicted octanol–water partition coefficient (Wildman–Crippen LogP) is 2.81. The topological polar surface area (TPSA) is 119 Å². The van der Waals surface area contributed by atoms with Crippen molar-refractivity contribution in [3.63, 3.8) is 0 Å². The van der Waals surface area contributed by atoms with E-state index in [1.165, 1.54) is 6.07 Å². The lowest BCUT2D eigenvalue weighted by atomic mass is 10.2. The van der Waals surface area contributed by atoms with Crippen LogP contribution in [0.1, 0.15) is 10.4 Å². The van der Waals surface area contributed by atoms with Crippen LogP contribution in [0.4, 0.5) is 16.2 Å². The molecular formula is C18H15N5O3. The first-order valence-electron chi connectivity index (χ1n) is 7.63. The maximum absolute atomic E-state index is 12.0. The molecule has 3 amide bonds. The van der Waals surface area contributed by atoms with Gasteiger partial charge in [0.2, 0.25) is 0 Å². The van der Waals surface area contributed by atoms with Crippen molar-refractivity contribution in [3.05, 3.63) is 72.6 Å². The van der Waals surface area contributed by atoms with Crippen LogP contribution in [0.25, 0.3) is 0 Å². The number of benzene rings is 2. The van der Waals surface area contributed by atoms with Crippen molar-refractivity contribution in [2.24, 2.45) is 0 Å². The van der Waals surface area contributed by atoms with E-state index in [4.69, 9.17) is 10.5 Å². The summed E-state index contributed by atoms with van der Waals surface area (Å²) >= 11 is 0. The molecule has 0 unspecified atom stereocenters. The number of carbonyl (C=O) groups excluding carboxylic acids is 2. The summed E-state index contributed by atoms with van der Waals surface area (Å²) in [7, 11) is 0. The Balaban J connectivity index is 1.58. The molecule has 4 N–H and O–H groups in total. The van der Waals surface area contributed by atoms with Gasteiger partial charge in [-0.25, -0.2) is 14.8 Å². The lowest BCUT2D eigenvalue weighted by molar-refractivity contribution is 0.0968. The number of urea groups is 1. The molecule has 1 aromatic heterocycles. The number of nitrogens with two attached hydrogens (primary N) is 1. The highest BCUT2D eigenvalue weighted by Gasteiger charge is 2.12. The third kappa shape index (κ3) is 4.32. The van der Waals surface area contributed by atoms with Crippen LogP contribution >= 0.6 is 0 Å². The van der Waals surface area contributed by atoms with Gasteiger partial charge >= 0.3 is 12.0 Å². The third-order valence-corrected chi connectivity index (χ3v) is 3.30. The molecule has 0 saturated heterocycles. The van der Waals surface area contributed by atoms with Crippen molar-refractivity contribution in [1.29, 1.82) is 0 Å². The van der Waals surface area contributed by atoms with Gasteiger partial charge in [-0.3, -0.25) is 10.1 Å². The number of hydrogen-bond acceptors (Lipinski definition) is 6. The standard InChI is InChI=1S/C18H15N5O3/c19-15-5-2-1-4-14(15)16(24)23-17(25)22-12-6-8-13(9-7-12)26-18-20-10-3-11-21-18/h1-11H,19H2,(H2,22,23,24,25). The second kappa shape index (κ2) is 7.75. The molecule has 0 bridgehead atoms.